The maximum atomic E-state index is 6.73. The van der Waals surface area contributed by atoms with Gasteiger partial charge in [-0.25, -0.2) is 15.0 Å². The molecule has 0 saturated heterocycles. The van der Waals surface area contributed by atoms with Crippen LogP contribution in [0.1, 0.15) is 0 Å². The van der Waals surface area contributed by atoms with E-state index in [1.54, 1.807) is 0 Å². The molecular formula is C57H38N4O. The molecule has 0 bridgehead atoms. The van der Waals surface area contributed by atoms with Crippen molar-refractivity contribution >= 4 is 39.0 Å². The van der Waals surface area contributed by atoms with Gasteiger partial charge in [-0.2, -0.15) is 0 Å². The van der Waals surface area contributed by atoms with E-state index < -0.39 is 0 Å². The standard InChI is InChI=1S/C57H38N4O/c1-5-16-39(17-6-1)42-28-32-48(33-29-42)61(49-34-30-43(31-35-49)40-18-7-2-8-19-40)51-37-47(38-53-54(51)50-26-13-14-27-52(50)62-53)57-59-55(44-22-11-4-12-23-44)58-56(60-57)46-25-15-24-45(36-46)41-20-9-3-10-21-41/h1-38H. The molecule has 11 aromatic rings. The molecule has 292 valence electrons. The third-order valence-electron chi connectivity index (χ3n) is 11.3. The van der Waals surface area contributed by atoms with E-state index in [4.69, 9.17) is 19.4 Å². The molecule has 0 aliphatic rings. The second kappa shape index (κ2) is 16.0. The van der Waals surface area contributed by atoms with Crippen molar-refractivity contribution in [3.63, 3.8) is 0 Å². The number of aromatic nitrogens is 3. The summed E-state index contributed by atoms with van der Waals surface area (Å²) in [6.07, 6.45) is 0. The summed E-state index contributed by atoms with van der Waals surface area (Å²) in [4.78, 5) is 17.9. The molecule has 5 nitrogen and oxygen atoms in total. The van der Waals surface area contributed by atoms with E-state index in [9.17, 15) is 0 Å². The van der Waals surface area contributed by atoms with E-state index in [-0.39, 0.29) is 0 Å². The Hall–Kier alpha value is -8.41. The molecule has 0 radical (unpaired) electrons. The van der Waals surface area contributed by atoms with Crippen LogP contribution >= 0.6 is 0 Å². The summed E-state index contributed by atoms with van der Waals surface area (Å²) in [7, 11) is 0. The van der Waals surface area contributed by atoms with Crippen molar-refractivity contribution in [2.45, 2.75) is 0 Å². The largest absolute Gasteiger partial charge is 0.456 e. The molecular weight excluding hydrogens is 757 g/mol. The van der Waals surface area contributed by atoms with Gasteiger partial charge < -0.3 is 9.32 Å². The van der Waals surface area contributed by atoms with Gasteiger partial charge in [0.2, 0.25) is 0 Å². The first-order valence-corrected chi connectivity index (χ1v) is 20.8. The van der Waals surface area contributed by atoms with Crippen LogP contribution in [0.2, 0.25) is 0 Å². The molecule has 0 spiro atoms. The minimum atomic E-state index is 0.543. The number of rotatable bonds is 9. The minimum Gasteiger partial charge on any atom is -0.456 e. The fraction of sp³-hybridized carbons (Fsp3) is 0. The molecule has 0 atom stereocenters. The third-order valence-corrected chi connectivity index (χ3v) is 11.3. The molecule has 2 aromatic heterocycles. The van der Waals surface area contributed by atoms with Crippen LogP contribution in [0, 0.1) is 0 Å². The molecule has 62 heavy (non-hydrogen) atoms. The van der Waals surface area contributed by atoms with Gasteiger partial charge in [-0.15, -0.1) is 0 Å². The number of para-hydroxylation sites is 1. The number of nitrogens with zero attached hydrogens (tertiary/aromatic N) is 4. The first-order valence-electron chi connectivity index (χ1n) is 20.8. The lowest BCUT2D eigenvalue weighted by Crippen LogP contribution is -2.11. The number of hydrogen-bond donors (Lipinski definition) is 0. The highest BCUT2D eigenvalue weighted by molar-refractivity contribution is 6.14. The third kappa shape index (κ3) is 7.08. The van der Waals surface area contributed by atoms with E-state index >= 15 is 0 Å². The second-order valence-electron chi connectivity index (χ2n) is 15.2. The maximum Gasteiger partial charge on any atom is 0.164 e. The van der Waals surface area contributed by atoms with Crippen LogP contribution in [0.3, 0.4) is 0 Å². The van der Waals surface area contributed by atoms with E-state index in [1.165, 1.54) is 0 Å². The highest BCUT2D eigenvalue weighted by Crippen LogP contribution is 2.46. The molecule has 11 rings (SSSR count). The molecule has 0 saturated carbocycles. The summed E-state index contributed by atoms with van der Waals surface area (Å²) >= 11 is 0. The average molecular weight is 795 g/mol. The van der Waals surface area contributed by atoms with Crippen LogP contribution in [0.5, 0.6) is 0 Å². The van der Waals surface area contributed by atoms with E-state index in [0.717, 1.165) is 89.1 Å². The number of furan rings is 1. The van der Waals surface area contributed by atoms with Gasteiger partial charge in [-0.3, -0.25) is 0 Å². The summed E-state index contributed by atoms with van der Waals surface area (Å²) in [6.45, 7) is 0. The van der Waals surface area contributed by atoms with Gasteiger partial charge in [-0.05, 0) is 81.9 Å². The highest BCUT2D eigenvalue weighted by Gasteiger charge is 2.23. The van der Waals surface area contributed by atoms with Crippen LogP contribution < -0.4 is 4.90 Å². The SMILES string of the molecule is c1ccc(-c2ccc(N(c3ccc(-c4ccccc4)cc3)c3cc(-c4nc(-c5ccccc5)nc(-c5cccc(-c6ccccc6)c5)n4)cc4oc5ccccc5c34)cc2)cc1. The Balaban J connectivity index is 1.13. The fourth-order valence-corrected chi connectivity index (χ4v) is 8.25. The zero-order valence-electron chi connectivity index (χ0n) is 33.6. The number of hydrogen-bond acceptors (Lipinski definition) is 5. The van der Waals surface area contributed by atoms with Gasteiger partial charge in [0.05, 0.1) is 11.1 Å². The van der Waals surface area contributed by atoms with Gasteiger partial charge >= 0.3 is 0 Å². The Morgan fingerprint density at radius 2 is 0.710 bits per heavy atom. The molecule has 2 heterocycles. The quantitative estimate of drug-likeness (QED) is 0.146. The lowest BCUT2D eigenvalue weighted by molar-refractivity contribution is 0.669. The normalized spacial score (nSPS) is 11.2. The Labute approximate surface area is 359 Å². The topological polar surface area (TPSA) is 55.1 Å². The molecule has 0 unspecified atom stereocenters. The van der Waals surface area contributed by atoms with Crippen molar-refractivity contribution in [3.05, 3.63) is 231 Å². The van der Waals surface area contributed by atoms with Gasteiger partial charge in [0.1, 0.15) is 11.2 Å². The van der Waals surface area contributed by atoms with Crippen molar-refractivity contribution in [2.75, 3.05) is 4.90 Å². The second-order valence-corrected chi connectivity index (χ2v) is 15.2. The zero-order chi connectivity index (χ0) is 41.2. The molecule has 0 aliphatic carbocycles. The summed E-state index contributed by atoms with van der Waals surface area (Å²) in [5.41, 5.74) is 13.9. The Kier molecular flexibility index (Phi) is 9.45. The Morgan fingerprint density at radius 1 is 0.290 bits per heavy atom. The molecule has 5 heteroatoms. The molecule has 0 fully saturated rings. The van der Waals surface area contributed by atoms with Crippen LogP contribution in [-0.2, 0) is 0 Å². The van der Waals surface area contributed by atoms with Crippen LogP contribution in [0.15, 0.2) is 235 Å². The number of fused-ring (bicyclic) bond motifs is 3. The van der Waals surface area contributed by atoms with Crippen molar-refractivity contribution in [1.29, 1.82) is 0 Å². The molecule has 0 N–H and O–H groups in total. The van der Waals surface area contributed by atoms with Crippen LogP contribution in [-0.4, -0.2) is 15.0 Å². The summed E-state index contributed by atoms with van der Waals surface area (Å²) in [5.74, 6) is 1.72. The van der Waals surface area contributed by atoms with Gasteiger partial charge in [0, 0.05) is 33.5 Å². The molecule has 9 aromatic carbocycles. The van der Waals surface area contributed by atoms with Crippen molar-refractivity contribution < 1.29 is 4.42 Å². The predicted octanol–water partition coefficient (Wildman–Crippen LogP) is 15.2. The van der Waals surface area contributed by atoms with E-state index in [0.29, 0.717) is 17.5 Å². The van der Waals surface area contributed by atoms with Crippen LogP contribution in [0.25, 0.3) is 89.5 Å². The lowest BCUT2D eigenvalue weighted by atomic mass is 10.0. The monoisotopic (exact) mass is 794 g/mol. The van der Waals surface area contributed by atoms with Gasteiger partial charge in [0.25, 0.3) is 0 Å². The summed E-state index contributed by atoms with van der Waals surface area (Å²) in [5, 5.41) is 2.02. The lowest BCUT2D eigenvalue weighted by Gasteiger charge is -2.27. The predicted molar refractivity (Wildman–Crippen MR) is 254 cm³/mol. The first-order chi connectivity index (χ1) is 30.7. The fourth-order valence-electron chi connectivity index (χ4n) is 8.25. The first kappa shape index (κ1) is 36.7. The number of benzene rings is 9. The number of anilines is 3. The molecule has 0 aliphatic heterocycles. The summed E-state index contributed by atoms with van der Waals surface area (Å²) < 4.78 is 6.73. The smallest absolute Gasteiger partial charge is 0.164 e. The zero-order valence-corrected chi connectivity index (χ0v) is 33.6. The van der Waals surface area contributed by atoms with E-state index in [1.807, 2.05) is 60.7 Å². The highest BCUT2D eigenvalue weighted by atomic mass is 16.3. The Morgan fingerprint density at radius 3 is 1.27 bits per heavy atom. The van der Waals surface area contributed by atoms with Crippen molar-refractivity contribution in [2.24, 2.45) is 0 Å². The minimum absolute atomic E-state index is 0.543. The van der Waals surface area contributed by atoms with Crippen molar-refractivity contribution in [1.82, 2.24) is 15.0 Å². The van der Waals surface area contributed by atoms with Gasteiger partial charge in [-0.1, -0.05) is 182 Å². The van der Waals surface area contributed by atoms with Gasteiger partial charge in [0.15, 0.2) is 17.5 Å². The molecule has 0 amide bonds. The maximum absolute atomic E-state index is 6.73. The van der Waals surface area contributed by atoms with E-state index in [2.05, 4.69) is 175 Å². The van der Waals surface area contributed by atoms with Crippen molar-refractivity contribution in [3.8, 4) is 67.5 Å². The van der Waals surface area contributed by atoms with Crippen LogP contribution in [0.4, 0.5) is 17.1 Å². The summed E-state index contributed by atoms with van der Waals surface area (Å²) in [6, 6.07) is 79.9. The average Bonchev–Trinajstić information content (AvgIpc) is 3.74. The Bertz CT molecular complexity index is 3230.